The number of nitrogens with one attached hydrogen (secondary N) is 1. The molecular weight excluding hydrogens is 476 g/mol. The Morgan fingerprint density at radius 2 is 2.08 bits per heavy atom. The van der Waals surface area contributed by atoms with E-state index in [1.54, 1.807) is 0 Å². The van der Waals surface area contributed by atoms with E-state index in [2.05, 4.69) is 11.4 Å². The number of aryl methyl sites for hydroxylation is 1. The first kappa shape index (κ1) is 26.0. The molecule has 1 atom stereocenters. The highest BCUT2D eigenvalue weighted by Gasteiger charge is 2.41. The van der Waals surface area contributed by atoms with Crippen LogP contribution in [0.1, 0.15) is 63.6 Å². The molecule has 0 aromatic heterocycles. The molecule has 8 nitrogen and oxygen atoms in total. The van der Waals surface area contributed by atoms with Crippen LogP contribution in [0.3, 0.4) is 0 Å². The van der Waals surface area contributed by atoms with E-state index < -0.39 is 12.0 Å². The van der Waals surface area contributed by atoms with Gasteiger partial charge in [0.05, 0.1) is 29.8 Å². The molecule has 2 amide bonds. The number of allylic oxidation sites excluding steroid dienone is 1. The summed E-state index contributed by atoms with van der Waals surface area (Å²) < 4.78 is 5.60. The van der Waals surface area contributed by atoms with Crippen molar-refractivity contribution in [2.45, 2.75) is 65.5 Å². The van der Waals surface area contributed by atoms with Gasteiger partial charge in [0.25, 0.3) is 0 Å². The topological polar surface area (TPSA) is 91.3 Å². The van der Waals surface area contributed by atoms with Crippen LogP contribution in [0.2, 0.25) is 0 Å². The SMILES string of the molecule is CC1=C(C(=O)OC(C)C)[C@@H](c2cccc(C)c2)N2C(CC(=O)NCCCN3CCCC3=O)=CSC2=N1. The van der Waals surface area contributed by atoms with Crippen LogP contribution in [0.25, 0.3) is 0 Å². The molecule has 9 heteroatoms. The fourth-order valence-corrected chi connectivity index (χ4v) is 5.69. The first-order chi connectivity index (χ1) is 17.2. The van der Waals surface area contributed by atoms with Gasteiger partial charge in [0.15, 0.2) is 5.17 Å². The molecule has 0 spiro atoms. The third-order valence-corrected chi connectivity index (χ3v) is 7.25. The van der Waals surface area contributed by atoms with Crippen LogP contribution in [0, 0.1) is 6.92 Å². The van der Waals surface area contributed by atoms with E-state index in [-0.39, 0.29) is 24.3 Å². The van der Waals surface area contributed by atoms with Gasteiger partial charge in [-0.3, -0.25) is 9.59 Å². The van der Waals surface area contributed by atoms with Crippen molar-refractivity contribution in [1.82, 2.24) is 15.1 Å². The quantitative estimate of drug-likeness (QED) is 0.398. The van der Waals surface area contributed by atoms with E-state index >= 15 is 0 Å². The molecule has 0 saturated carbocycles. The number of fused-ring (bicyclic) bond motifs is 1. The molecule has 3 aliphatic heterocycles. The summed E-state index contributed by atoms with van der Waals surface area (Å²) in [4.78, 5) is 46.4. The Kier molecular flexibility index (Phi) is 8.18. The molecular formula is C27H34N4O4S. The Morgan fingerprint density at radius 3 is 2.78 bits per heavy atom. The number of carbonyl (C=O) groups excluding carboxylic acids is 3. The van der Waals surface area contributed by atoms with Crippen LogP contribution in [0.5, 0.6) is 0 Å². The smallest absolute Gasteiger partial charge is 0.338 e. The number of esters is 1. The second-order valence-electron chi connectivity index (χ2n) is 9.63. The molecule has 3 aliphatic rings. The van der Waals surface area contributed by atoms with Gasteiger partial charge in [-0.05, 0) is 51.5 Å². The highest BCUT2D eigenvalue weighted by atomic mass is 32.2. The van der Waals surface area contributed by atoms with Gasteiger partial charge in [0.1, 0.15) is 0 Å². The minimum absolute atomic E-state index is 0.101. The van der Waals surface area contributed by atoms with Crippen LogP contribution in [0.4, 0.5) is 0 Å². The predicted molar refractivity (Wildman–Crippen MR) is 141 cm³/mol. The summed E-state index contributed by atoms with van der Waals surface area (Å²) in [7, 11) is 0. The highest BCUT2D eigenvalue weighted by Crippen LogP contribution is 2.45. The van der Waals surface area contributed by atoms with Crippen molar-refractivity contribution in [3.63, 3.8) is 0 Å². The van der Waals surface area contributed by atoms with Crippen molar-refractivity contribution in [3.05, 3.63) is 57.8 Å². The van der Waals surface area contributed by atoms with E-state index in [9.17, 15) is 14.4 Å². The average molecular weight is 511 g/mol. The zero-order valence-electron chi connectivity index (χ0n) is 21.4. The Balaban J connectivity index is 1.49. The largest absolute Gasteiger partial charge is 0.459 e. The molecule has 0 radical (unpaired) electrons. The monoisotopic (exact) mass is 510 g/mol. The van der Waals surface area contributed by atoms with E-state index in [4.69, 9.17) is 9.73 Å². The molecule has 1 saturated heterocycles. The van der Waals surface area contributed by atoms with Crippen LogP contribution >= 0.6 is 11.8 Å². The van der Waals surface area contributed by atoms with E-state index in [0.717, 1.165) is 41.4 Å². The van der Waals surface area contributed by atoms with Crippen molar-refractivity contribution in [3.8, 4) is 0 Å². The van der Waals surface area contributed by atoms with E-state index in [0.29, 0.717) is 30.8 Å². The van der Waals surface area contributed by atoms with Crippen molar-refractivity contribution >= 4 is 34.7 Å². The lowest BCUT2D eigenvalue weighted by molar-refractivity contribution is -0.143. The molecule has 0 unspecified atom stereocenters. The average Bonchev–Trinajstić information content (AvgIpc) is 3.40. The number of amidine groups is 1. The summed E-state index contributed by atoms with van der Waals surface area (Å²) in [6.07, 6.45) is 2.18. The normalized spacial score (nSPS) is 19.5. The van der Waals surface area contributed by atoms with Crippen molar-refractivity contribution in [1.29, 1.82) is 0 Å². The summed E-state index contributed by atoms with van der Waals surface area (Å²) >= 11 is 1.46. The number of rotatable bonds is 9. The van der Waals surface area contributed by atoms with Gasteiger partial charge in [-0.15, -0.1) is 0 Å². The third-order valence-electron chi connectivity index (χ3n) is 6.36. The molecule has 192 valence electrons. The number of aliphatic imine (C=N–C) groups is 1. The summed E-state index contributed by atoms with van der Waals surface area (Å²) in [5.74, 6) is -0.297. The van der Waals surface area contributed by atoms with Crippen LogP contribution in [0.15, 0.2) is 51.6 Å². The van der Waals surface area contributed by atoms with Gasteiger partial charge in [-0.25, -0.2) is 9.79 Å². The van der Waals surface area contributed by atoms with Gasteiger partial charge < -0.3 is 19.9 Å². The summed E-state index contributed by atoms with van der Waals surface area (Å²) in [6.45, 7) is 9.49. The molecule has 4 rings (SSSR count). The number of thioether (sulfide) groups is 1. The number of likely N-dealkylation sites (tertiary alicyclic amines) is 1. The molecule has 1 fully saturated rings. The molecule has 1 aromatic rings. The van der Waals surface area contributed by atoms with Crippen LogP contribution < -0.4 is 5.32 Å². The van der Waals surface area contributed by atoms with Gasteiger partial charge in [-0.1, -0.05) is 41.6 Å². The zero-order chi connectivity index (χ0) is 25.8. The zero-order valence-corrected chi connectivity index (χ0v) is 22.2. The van der Waals surface area contributed by atoms with Crippen molar-refractivity contribution in [2.24, 2.45) is 4.99 Å². The van der Waals surface area contributed by atoms with Crippen LogP contribution in [-0.2, 0) is 19.1 Å². The molecule has 3 heterocycles. The van der Waals surface area contributed by atoms with Gasteiger partial charge in [0.2, 0.25) is 11.8 Å². The third kappa shape index (κ3) is 5.83. The second-order valence-corrected chi connectivity index (χ2v) is 10.5. The highest BCUT2D eigenvalue weighted by molar-refractivity contribution is 8.16. The Bertz CT molecular complexity index is 1140. The van der Waals surface area contributed by atoms with E-state index in [1.807, 2.05) is 61.1 Å². The maximum Gasteiger partial charge on any atom is 0.338 e. The summed E-state index contributed by atoms with van der Waals surface area (Å²) in [5.41, 5.74) is 3.93. The first-order valence-electron chi connectivity index (χ1n) is 12.5. The van der Waals surface area contributed by atoms with Crippen molar-refractivity contribution in [2.75, 3.05) is 19.6 Å². The lowest BCUT2D eigenvalue weighted by Gasteiger charge is -2.36. The number of hydrogen-bond acceptors (Lipinski definition) is 7. The first-order valence-corrected chi connectivity index (χ1v) is 13.4. The Hall–Kier alpha value is -3.07. The Morgan fingerprint density at radius 1 is 1.28 bits per heavy atom. The van der Waals surface area contributed by atoms with Crippen molar-refractivity contribution < 1.29 is 19.1 Å². The summed E-state index contributed by atoms with van der Waals surface area (Å²) in [5, 5.41) is 5.66. The minimum atomic E-state index is -0.432. The standard InChI is InChI=1S/C27H34N4O4S/c1-17(2)35-26(34)24-19(4)29-27-31(25(24)20-9-5-8-18(3)14-20)21(16-36-27)15-22(32)28-11-7-13-30-12-6-10-23(30)33/h5,8-9,14,16-17,25H,6-7,10-13,15H2,1-4H3,(H,28,32)/t25-/m1/s1. The fourth-order valence-electron chi connectivity index (χ4n) is 4.73. The molecule has 0 aliphatic carbocycles. The number of amides is 2. The number of ether oxygens (including phenoxy) is 1. The van der Waals surface area contributed by atoms with Gasteiger partial charge >= 0.3 is 5.97 Å². The molecule has 0 bridgehead atoms. The lowest BCUT2D eigenvalue weighted by atomic mass is 9.93. The maximum absolute atomic E-state index is 13.2. The molecule has 36 heavy (non-hydrogen) atoms. The Labute approximate surface area is 216 Å². The minimum Gasteiger partial charge on any atom is -0.459 e. The second kappa shape index (κ2) is 11.3. The number of benzene rings is 1. The lowest BCUT2D eigenvalue weighted by Crippen LogP contribution is -2.38. The van der Waals surface area contributed by atoms with Crippen LogP contribution in [-0.4, -0.2) is 58.5 Å². The van der Waals surface area contributed by atoms with Gasteiger partial charge in [0, 0.05) is 31.8 Å². The predicted octanol–water partition coefficient (Wildman–Crippen LogP) is 4.04. The number of nitrogens with zero attached hydrogens (tertiary/aromatic N) is 3. The number of carbonyl (C=O) groups is 3. The summed E-state index contributed by atoms with van der Waals surface area (Å²) in [6, 6.07) is 7.61. The molecule has 1 N–H and O–H groups in total. The van der Waals surface area contributed by atoms with E-state index in [1.165, 1.54) is 11.8 Å². The number of hydrogen-bond donors (Lipinski definition) is 1. The maximum atomic E-state index is 13.2. The molecule has 1 aromatic carbocycles. The van der Waals surface area contributed by atoms with Gasteiger partial charge in [-0.2, -0.15) is 0 Å². The fraction of sp³-hybridized carbons (Fsp3) is 0.481.